The Morgan fingerprint density at radius 1 is 1.32 bits per heavy atom. The molecule has 1 atom stereocenters. The maximum atomic E-state index is 15.0. The van der Waals surface area contributed by atoms with Crippen LogP contribution >= 0.6 is 11.6 Å². The van der Waals surface area contributed by atoms with Crippen molar-refractivity contribution in [2.45, 2.75) is 44.8 Å². The first-order valence-electron chi connectivity index (χ1n) is 11.7. The molecular formula is C24H25ClF3N3O3. The van der Waals surface area contributed by atoms with Crippen LogP contribution < -0.4 is 10.1 Å². The third kappa shape index (κ3) is 5.37. The average molecular weight is 498 g/mol. The van der Waals surface area contributed by atoms with E-state index in [0.29, 0.717) is 16.7 Å². The van der Waals surface area contributed by atoms with Gasteiger partial charge in [-0.3, -0.25) is 0 Å². The number of aliphatic hydroxyl groups excluding tert-OH is 1. The SMILES string of the molecule is [2H]C([2H])(COC1CC1)Oc1cc2c(N[C@H](C)c3cccc(C(F)(F)CO)c3F)nc(C)nc2cc1Cl. The van der Waals surface area contributed by atoms with Crippen molar-refractivity contribution in [3.05, 3.63) is 58.1 Å². The quantitative estimate of drug-likeness (QED) is 0.383. The largest absolute Gasteiger partial charge is 0.490 e. The van der Waals surface area contributed by atoms with E-state index >= 15 is 0 Å². The smallest absolute Gasteiger partial charge is 0.298 e. The molecule has 1 fully saturated rings. The van der Waals surface area contributed by atoms with Crippen LogP contribution in [-0.4, -0.2) is 41.0 Å². The van der Waals surface area contributed by atoms with Gasteiger partial charge in [-0.15, -0.1) is 0 Å². The highest BCUT2D eigenvalue weighted by atomic mass is 35.5. The lowest BCUT2D eigenvalue weighted by molar-refractivity contribution is -0.0583. The summed E-state index contributed by atoms with van der Waals surface area (Å²) < 4.78 is 70.1. The molecule has 0 amide bonds. The van der Waals surface area contributed by atoms with Crippen LogP contribution in [0.4, 0.5) is 19.0 Å². The second kappa shape index (κ2) is 9.93. The molecule has 1 saturated carbocycles. The van der Waals surface area contributed by atoms with E-state index in [9.17, 15) is 13.2 Å². The average Bonchev–Trinajstić information content (AvgIpc) is 3.63. The van der Waals surface area contributed by atoms with Crippen molar-refractivity contribution >= 4 is 28.3 Å². The molecule has 1 aliphatic rings. The van der Waals surface area contributed by atoms with E-state index in [2.05, 4.69) is 15.3 Å². The van der Waals surface area contributed by atoms with Crippen LogP contribution in [0.5, 0.6) is 5.75 Å². The number of aliphatic hydroxyl groups is 1. The second-order valence-corrected chi connectivity index (χ2v) is 8.52. The van der Waals surface area contributed by atoms with E-state index in [4.69, 9.17) is 28.9 Å². The third-order valence-corrected chi connectivity index (χ3v) is 5.68. The number of alkyl halides is 2. The Kier molecular flexibility index (Phi) is 6.39. The highest BCUT2D eigenvalue weighted by Crippen LogP contribution is 2.36. The van der Waals surface area contributed by atoms with Crippen LogP contribution in [0.2, 0.25) is 5.02 Å². The number of fused-ring (bicyclic) bond motifs is 1. The predicted molar refractivity (Wildman–Crippen MR) is 123 cm³/mol. The Bertz CT molecular complexity index is 1280. The first-order valence-corrected chi connectivity index (χ1v) is 11.1. The van der Waals surface area contributed by atoms with Gasteiger partial charge in [-0.25, -0.2) is 14.4 Å². The third-order valence-electron chi connectivity index (χ3n) is 5.39. The minimum atomic E-state index is -3.73. The summed E-state index contributed by atoms with van der Waals surface area (Å²) in [6.45, 7) is -0.720. The fraction of sp³-hybridized carbons (Fsp3) is 0.417. The van der Waals surface area contributed by atoms with Gasteiger partial charge in [-0.2, -0.15) is 8.78 Å². The lowest BCUT2D eigenvalue weighted by Crippen LogP contribution is -2.22. The van der Waals surface area contributed by atoms with Gasteiger partial charge in [0.05, 0.1) is 37.6 Å². The standard InChI is InChI=1S/C24H25ClF3N3O3/c1-13(16-4-3-5-18(22(16)26)24(27,28)12-32)29-23-17-10-21(34-9-8-33-15-6-7-15)19(25)11-20(17)30-14(2)31-23/h3-5,10-11,13,15,32H,6-9,12H2,1-2H3,(H,29,30,31)/t13-/m1/s1/i9D2. The van der Waals surface area contributed by atoms with E-state index in [0.717, 1.165) is 18.9 Å². The van der Waals surface area contributed by atoms with Crippen molar-refractivity contribution in [1.82, 2.24) is 9.97 Å². The fourth-order valence-electron chi connectivity index (χ4n) is 3.46. The maximum absolute atomic E-state index is 15.0. The number of ether oxygens (including phenoxy) is 2. The summed E-state index contributed by atoms with van der Waals surface area (Å²) in [6.07, 6.45) is 1.82. The van der Waals surface area contributed by atoms with Crippen LogP contribution in [0.3, 0.4) is 0 Å². The van der Waals surface area contributed by atoms with Crippen molar-refractivity contribution in [2.75, 3.05) is 25.1 Å². The number of nitrogens with zero attached hydrogens (tertiary/aromatic N) is 2. The molecule has 0 unspecified atom stereocenters. The van der Waals surface area contributed by atoms with Gasteiger partial charge < -0.3 is 19.9 Å². The highest BCUT2D eigenvalue weighted by molar-refractivity contribution is 6.32. The zero-order chi connectivity index (χ0) is 26.3. The van der Waals surface area contributed by atoms with Gasteiger partial charge in [0.15, 0.2) is 0 Å². The van der Waals surface area contributed by atoms with Crippen LogP contribution in [0.1, 0.15) is 45.5 Å². The monoisotopic (exact) mass is 497 g/mol. The Morgan fingerprint density at radius 3 is 2.79 bits per heavy atom. The number of aromatic nitrogens is 2. The van der Waals surface area contributed by atoms with Gasteiger partial charge in [0.2, 0.25) is 0 Å². The summed E-state index contributed by atoms with van der Waals surface area (Å²) in [5, 5.41) is 12.5. The normalized spacial score (nSPS) is 16.2. The zero-order valence-corrected chi connectivity index (χ0v) is 19.3. The lowest BCUT2D eigenvalue weighted by Gasteiger charge is -2.21. The molecular weight excluding hydrogens is 471 g/mol. The van der Waals surface area contributed by atoms with E-state index in [1.54, 1.807) is 13.8 Å². The van der Waals surface area contributed by atoms with Gasteiger partial charge in [0.1, 0.15) is 36.4 Å². The van der Waals surface area contributed by atoms with Crippen molar-refractivity contribution in [3.8, 4) is 5.75 Å². The number of benzene rings is 2. The van der Waals surface area contributed by atoms with Gasteiger partial charge in [0.25, 0.3) is 5.92 Å². The molecule has 0 spiro atoms. The molecule has 0 aliphatic heterocycles. The van der Waals surface area contributed by atoms with E-state index in [1.807, 2.05) is 0 Å². The summed E-state index contributed by atoms with van der Waals surface area (Å²) in [5.41, 5.74) is -0.535. The summed E-state index contributed by atoms with van der Waals surface area (Å²) in [7, 11) is 0. The molecule has 1 heterocycles. The molecule has 2 N–H and O–H groups in total. The molecule has 3 aromatic rings. The summed E-state index contributed by atoms with van der Waals surface area (Å²) in [4.78, 5) is 8.72. The molecule has 1 aliphatic carbocycles. The first kappa shape index (κ1) is 21.9. The number of rotatable bonds is 10. The number of aryl methyl sites for hydroxylation is 1. The number of hydrogen-bond acceptors (Lipinski definition) is 6. The van der Waals surface area contributed by atoms with Gasteiger partial charge >= 0.3 is 0 Å². The number of halogens is 4. The van der Waals surface area contributed by atoms with E-state index < -0.39 is 36.5 Å². The molecule has 0 bridgehead atoms. The van der Waals surface area contributed by atoms with Crippen molar-refractivity contribution < 1.29 is 30.5 Å². The summed E-state index contributed by atoms with van der Waals surface area (Å²) in [5.74, 6) is -4.21. The summed E-state index contributed by atoms with van der Waals surface area (Å²) in [6, 6.07) is 5.73. The Morgan fingerprint density at radius 2 is 2.09 bits per heavy atom. The lowest BCUT2D eigenvalue weighted by atomic mass is 10.00. The van der Waals surface area contributed by atoms with E-state index in [-0.39, 0.29) is 34.9 Å². The highest BCUT2D eigenvalue weighted by Gasteiger charge is 2.35. The molecule has 2 aromatic carbocycles. The number of anilines is 1. The van der Waals surface area contributed by atoms with Crippen molar-refractivity contribution in [1.29, 1.82) is 0 Å². The van der Waals surface area contributed by atoms with Gasteiger partial charge in [-0.1, -0.05) is 23.7 Å². The number of nitrogens with one attached hydrogen (secondary N) is 1. The topological polar surface area (TPSA) is 76.5 Å². The van der Waals surface area contributed by atoms with Crippen molar-refractivity contribution in [2.24, 2.45) is 0 Å². The zero-order valence-electron chi connectivity index (χ0n) is 20.5. The van der Waals surface area contributed by atoms with Gasteiger partial charge in [-0.05, 0) is 44.9 Å². The molecule has 10 heteroatoms. The molecule has 182 valence electrons. The Hall–Kier alpha value is -2.62. The van der Waals surface area contributed by atoms with Crippen molar-refractivity contribution in [3.63, 3.8) is 0 Å². The number of hydrogen-bond donors (Lipinski definition) is 2. The van der Waals surface area contributed by atoms with Crippen LogP contribution in [-0.2, 0) is 10.7 Å². The Balaban J connectivity index is 1.66. The molecule has 0 saturated heterocycles. The summed E-state index contributed by atoms with van der Waals surface area (Å²) >= 11 is 6.33. The first-order chi connectivity index (χ1) is 16.9. The minimum absolute atomic E-state index is 0.0347. The maximum Gasteiger partial charge on any atom is 0.298 e. The Labute approximate surface area is 202 Å². The molecule has 4 rings (SSSR count). The molecule has 6 nitrogen and oxygen atoms in total. The second-order valence-electron chi connectivity index (χ2n) is 8.11. The minimum Gasteiger partial charge on any atom is -0.490 e. The predicted octanol–water partition coefficient (Wildman–Crippen LogP) is 5.55. The molecule has 0 radical (unpaired) electrons. The molecule has 1 aromatic heterocycles. The van der Waals surface area contributed by atoms with E-state index in [1.165, 1.54) is 24.3 Å². The van der Waals surface area contributed by atoms with Crippen LogP contribution in [0.25, 0.3) is 10.9 Å². The van der Waals surface area contributed by atoms with Gasteiger partial charge in [0, 0.05) is 10.9 Å². The molecule has 34 heavy (non-hydrogen) atoms. The van der Waals surface area contributed by atoms with Crippen LogP contribution in [0.15, 0.2) is 30.3 Å². The van der Waals surface area contributed by atoms with Crippen LogP contribution in [0, 0.1) is 12.7 Å². The fourth-order valence-corrected chi connectivity index (χ4v) is 3.66.